The first-order chi connectivity index (χ1) is 8.16. The van der Waals surface area contributed by atoms with Crippen molar-refractivity contribution in [3.8, 4) is 5.75 Å². The lowest BCUT2D eigenvalue weighted by molar-refractivity contribution is 0.0947. The second-order valence-corrected chi connectivity index (χ2v) is 5.08. The first-order valence-corrected chi connectivity index (χ1v) is 6.46. The lowest BCUT2D eigenvalue weighted by atomic mass is 10.1. The minimum Gasteiger partial charge on any atom is -0.507 e. The molecule has 1 aliphatic rings. The summed E-state index contributed by atoms with van der Waals surface area (Å²) in [6.45, 7) is 1.62. The number of halogens is 1. The van der Waals surface area contributed by atoms with E-state index in [0.29, 0.717) is 18.2 Å². The van der Waals surface area contributed by atoms with Gasteiger partial charge >= 0.3 is 0 Å². The third-order valence-corrected chi connectivity index (χ3v) is 3.37. The summed E-state index contributed by atoms with van der Waals surface area (Å²) in [4.78, 5) is 11.9. The lowest BCUT2D eigenvalue weighted by Gasteiger charge is -2.12. The van der Waals surface area contributed by atoms with Crippen LogP contribution in [-0.4, -0.2) is 30.1 Å². The van der Waals surface area contributed by atoms with Crippen LogP contribution in [0.4, 0.5) is 0 Å². The van der Waals surface area contributed by atoms with Crippen molar-refractivity contribution in [1.82, 2.24) is 10.6 Å². The van der Waals surface area contributed by atoms with E-state index < -0.39 is 0 Å². The summed E-state index contributed by atoms with van der Waals surface area (Å²) in [5.41, 5.74) is 0.303. The number of amides is 1. The van der Waals surface area contributed by atoms with Gasteiger partial charge in [0.2, 0.25) is 0 Å². The summed E-state index contributed by atoms with van der Waals surface area (Å²) in [6.07, 6.45) is 2.24. The molecule has 17 heavy (non-hydrogen) atoms. The molecule has 1 atom stereocenters. The number of phenolic OH excluding ortho intramolecular Hbond substituents is 1. The molecule has 0 bridgehead atoms. The van der Waals surface area contributed by atoms with E-state index in [4.69, 9.17) is 0 Å². The maximum atomic E-state index is 11.9. The van der Waals surface area contributed by atoms with E-state index in [2.05, 4.69) is 26.6 Å². The van der Waals surface area contributed by atoms with Crippen LogP contribution in [0, 0.1) is 0 Å². The minimum atomic E-state index is -0.238. The normalized spacial score (nSPS) is 19.2. The van der Waals surface area contributed by atoms with Crippen LogP contribution in [0.2, 0.25) is 0 Å². The highest BCUT2D eigenvalue weighted by molar-refractivity contribution is 9.10. The van der Waals surface area contributed by atoms with Gasteiger partial charge in [0.25, 0.3) is 5.91 Å². The van der Waals surface area contributed by atoms with Gasteiger partial charge in [-0.2, -0.15) is 0 Å². The first kappa shape index (κ1) is 12.4. The van der Waals surface area contributed by atoms with E-state index in [9.17, 15) is 9.90 Å². The molecule has 1 saturated heterocycles. The minimum absolute atomic E-state index is 0.00470. The van der Waals surface area contributed by atoms with Gasteiger partial charge in [-0.1, -0.05) is 15.9 Å². The molecule has 3 N–H and O–H groups in total. The molecule has 0 spiro atoms. The number of carbonyl (C=O) groups excluding carboxylic acids is 1. The van der Waals surface area contributed by atoms with Gasteiger partial charge in [0.15, 0.2) is 0 Å². The van der Waals surface area contributed by atoms with Crippen LogP contribution in [-0.2, 0) is 0 Å². The SMILES string of the molecule is O=C(NCC1CCCN1)c1cc(Br)ccc1O. The van der Waals surface area contributed by atoms with Gasteiger partial charge in [0.1, 0.15) is 5.75 Å². The van der Waals surface area contributed by atoms with Gasteiger partial charge < -0.3 is 15.7 Å². The Hall–Kier alpha value is -1.07. The van der Waals surface area contributed by atoms with E-state index in [0.717, 1.165) is 23.9 Å². The highest BCUT2D eigenvalue weighted by Gasteiger charge is 2.16. The van der Waals surface area contributed by atoms with Crippen molar-refractivity contribution in [1.29, 1.82) is 0 Å². The predicted octanol–water partition coefficient (Wildman–Crippen LogP) is 1.64. The Balaban J connectivity index is 1.96. The van der Waals surface area contributed by atoms with Crippen molar-refractivity contribution in [2.45, 2.75) is 18.9 Å². The zero-order valence-corrected chi connectivity index (χ0v) is 11.0. The molecule has 2 rings (SSSR count). The summed E-state index contributed by atoms with van der Waals surface area (Å²) < 4.78 is 0.777. The molecule has 1 amide bonds. The van der Waals surface area contributed by atoms with Gasteiger partial charge in [-0.05, 0) is 37.6 Å². The third-order valence-electron chi connectivity index (χ3n) is 2.87. The fraction of sp³-hybridized carbons (Fsp3) is 0.417. The number of carbonyl (C=O) groups is 1. The topological polar surface area (TPSA) is 61.4 Å². The summed E-state index contributed by atoms with van der Waals surface area (Å²) in [5, 5.41) is 15.7. The summed E-state index contributed by atoms with van der Waals surface area (Å²) in [7, 11) is 0. The zero-order chi connectivity index (χ0) is 12.3. The van der Waals surface area contributed by atoms with Crippen molar-refractivity contribution in [3.05, 3.63) is 28.2 Å². The first-order valence-electron chi connectivity index (χ1n) is 5.67. The van der Waals surface area contributed by atoms with Crippen LogP contribution in [0.25, 0.3) is 0 Å². The molecule has 1 unspecified atom stereocenters. The zero-order valence-electron chi connectivity index (χ0n) is 9.37. The monoisotopic (exact) mass is 298 g/mol. The van der Waals surface area contributed by atoms with Gasteiger partial charge in [-0.15, -0.1) is 0 Å². The molecule has 0 aromatic heterocycles. The van der Waals surface area contributed by atoms with Crippen LogP contribution in [0.5, 0.6) is 5.75 Å². The van der Waals surface area contributed by atoms with Crippen molar-refractivity contribution < 1.29 is 9.90 Å². The average Bonchev–Trinajstić information content (AvgIpc) is 2.82. The van der Waals surface area contributed by atoms with E-state index in [-0.39, 0.29) is 11.7 Å². The largest absolute Gasteiger partial charge is 0.507 e. The van der Waals surface area contributed by atoms with Crippen LogP contribution in [0.1, 0.15) is 23.2 Å². The molecule has 1 aromatic rings. The van der Waals surface area contributed by atoms with E-state index in [1.54, 1.807) is 12.1 Å². The summed E-state index contributed by atoms with van der Waals surface area (Å²) in [5.74, 6) is -0.234. The van der Waals surface area contributed by atoms with Crippen LogP contribution < -0.4 is 10.6 Å². The standard InChI is InChI=1S/C12H15BrN2O2/c13-8-3-4-11(16)10(6-8)12(17)15-7-9-2-1-5-14-9/h3-4,6,9,14,16H,1-2,5,7H2,(H,15,17). The maximum Gasteiger partial charge on any atom is 0.255 e. The van der Waals surface area contributed by atoms with Crippen LogP contribution in [0.3, 0.4) is 0 Å². The average molecular weight is 299 g/mol. The Kier molecular flexibility index (Phi) is 4.02. The smallest absolute Gasteiger partial charge is 0.255 e. The number of hydrogen-bond acceptors (Lipinski definition) is 3. The van der Waals surface area contributed by atoms with Crippen LogP contribution >= 0.6 is 15.9 Å². The molecule has 1 aliphatic heterocycles. The fourth-order valence-corrected chi connectivity index (χ4v) is 2.29. The molecular weight excluding hydrogens is 284 g/mol. The molecule has 1 heterocycles. The molecule has 92 valence electrons. The van der Waals surface area contributed by atoms with Crippen molar-refractivity contribution in [3.63, 3.8) is 0 Å². The highest BCUT2D eigenvalue weighted by atomic mass is 79.9. The second-order valence-electron chi connectivity index (χ2n) is 4.16. The van der Waals surface area contributed by atoms with E-state index in [1.165, 1.54) is 6.07 Å². The number of hydrogen-bond donors (Lipinski definition) is 3. The summed E-state index contributed by atoms with van der Waals surface area (Å²) in [6, 6.07) is 5.18. The second kappa shape index (κ2) is 5.51. The molecular formula is C12H15BrN2O2. The molecule has 1 fully saturated rings. The lowest BCUT2D eigenvalue weighted by Crippen LogP contribution is -2.37. The van der Waals surface area contributed by atoms with Crippen LogP contribution in [0.15, 0.2) is 22.7 Å². The van der Waals surface area contributed by atoms with E-state index >= 15 is 0 Å². The summed E-state index contributed by atoms with van der Waals surface area (Å²) >= 11 is 3.28. The molecule has 0 radical (unpaired) electrons. The van der Waals surface area contributed by atoms with Gasteiger partial charge in [0.05, 0.1) is 5.56 Å². The van der Waals surface area contributed by atoms with Crippen molar-refractivity contribution in [2.24, 2.45) is 0 Å². The van der Waals surface area contributed by atoms with Crippen molar-refractivity contribution >= 4 is 21.8 Å². The van der Waals surface area contributed by atoms with Gasteiger partial charge in [-0.25, -0.2) is 0 Å². The Bertz CT molecular complexity index is 417. The molecule has 1 aromatic carbocycles. The number of benzene rings is 1. The quantitative estimate of drug-likeness (QED) is 0.795. The number of nitrogens with one attached hydrogen (secondary N) is 2. The molecule has 0 saturated carbocycles. The van der Waals surface area contributed by atoms with E-state index in [1.807, 2.05) is 0 Å². The highest BCUT2D eigenvalue weighted by Crippen LogP contribution is 2.21. The van der Waals surface area contributed by atoms with Gasteiger partial charge in [0, 0.05) is 17.1 Å². The third kappa shape index (κ3) is 3.20. The number of aromatic hydroxyl groups is 1. The molecule has 4 nitrogen and oxygen atoms in total. The number of rotatable bonds is 3. The maximum absolute atomic E-state index is 11.9. The molecule has 0 aliphatic carbocycles. The predicted molar refractivity (Wildman–Crippen MR) is 69.2 cm³/mol. The molecule has 5 heteroatoms. The Morgan fingerprint density at radius 3 is 3.12 bits per heavy atom. The Morgan fingerprint density at radius 1 is 1.59 bits per heavy atom. The number of phenols is 1. The Morgan fingerprint density at radius 2 is 2.41 bits per heavy atom. The Labute approximate surface area is 109 Å². The fourth-order valence-electron chi connectivity index (χ4n) is 1.93. The van der Waals surface area contributed by atoms with Gasteiger partial charge in [-0.3, -0.25) is 4.79 Å². The van der Waals surface area contributed by atoms with Crippen molar-refractivity contribution in [2.75, 3.05) is 13.1 Å².